The van der Waals surface area contributed by atoms with Crippen molar-refractivity contribution >= 4 is 0 Å². The van der Waals surface area contributed by atoms with Gasteiger partial charge in [-0.25, -0.2) is 0 Å². The molecule has 0 amide bonds. The van der Waals surface area contributed by atoms with Crippen molar-refractivity contribution in [1.82, 2.24) is 0 Å². The highest BCUT2D eigenvalue weighted by atomic mass is 15.2. The molecule has 0 aromatic heterocycles. The van der Waals surface area contributed by atoms with E-state index < -0.39 is 0 Å². The first-order valence-electron chi connectivity index (χ1n) is 4.72. The monoisotopic (exact) mass is 186 g/mol. The standard InChI is InChI=1S/C12H14N2/c1-2-3-7-10-13-14-11-12-8-5-4-6-9-12/h2,4-6,8-9H,1,3,7,10H2. The number of nitrogens with zero attached hydrogens (tertiary/aromatic N) is 2. The van der Waals surface area contributed by atoms with Crippen LogP contribution in [0.3, 0.4) is 0 Å². The summed E-state index contributed by atoms with van der Waals surface area (Å²) in [4.78, 5) is 3.85. The molecule has 72 valence electrons. The predicted molar refractivity (Wildman–Crippen MR) is 60.4 cm³/mol. The Morgan fingerprint density at radius 3 is 2.86 bits per heavy atom. The molecule has 0 saturated heterocycles. The van der Waals surface area contributed by atoms with Crippen molar-refractivity contribution in [2.75, 3.05) is 6.54 Å². The van der Waals surface area contributed by atoms with Crippen molar-refractivity contribution in [2.45, 2.75) is 12.8 Å². The van der Waals surface area contributed by atoms with Gasteiger partial charge in [0.1, 0.15) is 5.56 Å². The molecule has 0 aliphatic heterocycles. The lowest BCUT2D eigenvalue weighted by Gasteiger charge is -1.95. The van der Waals surface area contributed by atoms with Crippen LogP contribution in [-0.4, -0.2) is 6.54 Å². The Morgan fingerprint density at radius 1 is 1.36 bits per heavy atom. The van der Waals surface area contributed by atoms with Gasteiger partial charge in [0.25, 0.3) is 0 Å². The van der Waals surface area contributed by atoms with Crippen molar-refractivity contribution < 1.29 is 0 Å². The summed E-state index contributed by atoms with van der Waals surface area (Å²) < 4.78 is 0. The Hall–Kier alpha value is -1.75. The van der Waals surface area contributed by atoms with Crippen LogP contribution in [0.2, 0.25) is 0 Å². The summed E-state index contributed by atoms with van der Waals surface area (Å²) in [5, 5.41) is 0. The van der Waals surface area contributed by atoms with E-state index in [1.165, 1.54) is 0 Å². The van der Waals surface area contributed by atoms with E-state index in [9.17, 15) is 0 Å². The van der Waals surface area contributed by atoms with Crippen LogP contribution in [-0.2, 0) is 0 Å². The largest absolute Gasteiger partial charge is 0.309 e. The van der Waals surface area contributed by atoms with Crippen LogP contribution < -0.4 is 0 Å². The van der Waals surface area contributed by atoms with Gasteiger partial charge in [-0.2, -0.15) is 0 Å². The molecule has 1 aromatic carbocycles. The molecule has 0 unspecified atom stereocenters. The van der Waals surface area contributed by atoms with E-state index >= 15 is 0 Å². The summed E-state index contributed by atoms with van der Waals surface area (Å²) in [7, 11) is 0. The molecular formula is C12H14N2. The quantitative estimate of drug-likeness (QED) is 0.388. The SMILES string of the molecule is C=CCCC[N-][N+]#Cc1ccccc1. The van der Waals surface area contributed by atoms with Gasteiger partial charge in [-0.05, 0) is 18.6 Å². The molecule has 1 aromatic rings. The number of hydrogen-bond acceptors (Lipinski definition) is 0. The Kier molecular flexibility index (Phi) is 4.97. The molecule has 14 heavy (non-hydrogen) atoms. The molecule has 2 heteroatoms. The fraction of sp³-hybridized carbons (Fsp3) is 0.250. The molecule has 0 bridgehead atoms. The normalized spacial score (nSPS) is 8.57. The second kappa shape index (κ2) is 6.73. The number of allylic oxidation sites excluding steroid dienone is 1. The Balaban J connectivity index is 2.24. The van der Waals surface area contributed by atoms with E-state index in [1.807, 2.05) is 36.4 Å². The maximum atomic E-state index is 3.97. The predicted octanol–water partition coefficient (Wildman–Crippen LogP) is 3.62. The van der Waals surface area contributed by atoms with Gasteiger partial charge in [-0.3, -0.25) is 0 Å². The highest BCUT2D eigenvalue weighted by Gasteiger charge is 1.87. The Morgan fingerprint density at radius 2 is 2.14 bits per heavy atom. The van der Waals surface area contributed by atoms with Crippen molar-refractivity contribution in [3.8, 4) is 6.07 Å². The van der Waals surface area contributed by atoms with Gasteiger partial charge in [0, 0.05) is 0 Å². The molecular weight excluding hydrogens is 172 g/mol. The maximum absolute atomic E-state index is 3.97. The van der Waals surface area contributed by atoms with Gasteiger partial charge in [0.05, 0.1) is 0 Å². The smallest absolute Gasteiger partial charge is 0.308 e. The van der Waals surface area contributed by atoms with Gasteiger partial charge >= 0.3 is 6.07 Å². The zero-order valence-corrected chi connectivity index (χ0v) is 8.19. The van der Waals surface area contributed by atoms with Crippen LogP contribution in [0.15, 0.2) is 43.0 Å². The highest BCUT2D eigenvalue weighted by Crippen LogP contribution is 1.99. The van der Waals surface area contributed by atoms with Crippen LogP contribution in [0.4, 0.5) is 0 Å². The fourth-order valence-electron chi connectivity index (χ4n) is 0.962. The molecule has 0 saturated carbocycles. The summed E-state index contributed by atoms with van der Waals surface area (Å²) in [6.07, 6.45) is 3.88. The molecule has 2 nitrogen and oxygen atoms in total. The van der Waals surface area contributed by atoms with Crippen LogP contribution in [0.25, 0.3) is 10.4 Å². The molecule has 1 rings (SSSR count). The molecule has 0 aliphatic carbocycles. The minimum Gasteiger partial charge on any atom is -0.308 e. The van der Waals surface area contributed by atoms with E-state index in [0.717, 1.165) is 24.9 Å². The maximum Gasteiger partial charge on any atom is 0.309 e. The third-order valence-electron chi connectivity index (χ3n) is 1.69. The zero-order valence-electron chi connectivity index (χ0n) is 8.19. The lowest BCUT2D eigenvalue weighted by molar-refractivity contribution is 0.912. The fourth-order valence-corrected chi connectivity index (χ4v) is 0.962. The van der Waals surface area contributed by atoms with Crippen molar-refractivity contribution in [2.24, 2.45) is 0 Å². The number of rotatable bonds is 4. The number of benzene rings is 1. The van der Waals surface area contributed by atoms with Gasteiger partial charge in [0.15, 0.2) is 0 Å². The molecule has 0 radical (unpaired) electrons. The van der Waals surface area contributed by atoms with Crippen LogP contribution in [0.1, 0.15) is 18.4 Å². The average molecular weight is 186 g/mol. The summed E-state index contributed by atoms with van der Waals surface area (Å²) in [5.74, 6) is 0. The van der Waals surface area contributed by atoms with Crippen molar-refractivity contribution in [3.05, 3.63) is 58.9 Å². The molecule has 0 fully saturated rings. The number of hydrogen-bond donors (Lipinski definition) is 0. The molecule has 0 N–H and O–H groups in total. The second-order valence-corrected chi connectivity index (χ2v) is 2.87. The first kappa shape index (κ1) is 10.3. The minimum atomic E-state index is 0.742. The average Bonchev–Trinajstić information content (AvgIpc) is 2.25. The zero-order chi connectivity index (χ0) is 10.1. The molecule has 0 aliphatic rings. The molecule has 0 heterocycles. The van der Waals surface area contributed by atoms with E-state index in [4.69, 9.17) is 0 Å². The van der Waals surface area contributed by atoms with Gasteiger partial charge in [-0.1, -0.05) is 42.2 Å². The summed E-state index contributed by atoms with van der Waals surface area (Å²) in [6.45, 7) is 4.38. The van der Waals surface area contributed by atoms with E-state index in [1.54, 1.807) is 0 Å². The lowest BCUT2D eigenvalue weighted by atomic mass is 10.2. The van der Waals surface area contributed by atoms with E-state index in [0.29, 0.717) is 0 Å². The van der Waals surface area contributed by atoms with E-state index in [2.05, 4.69) is 23.0 Å². The highest BCUT2D eigenvalue weighted by molar-refractivity contribution is 5.31. The summed E-state index contributed by atoms with van der Waals surface area (Å²) >= 11 is 0. The third kappa shape index (κ3) is 4.32. The van der Waals surface area contributed by atoms with Crippen molar-refractivity contribution in [3.63, 3.8) is 0 Å². The van der Waals surface area contributed by atoms with Crippen LogP contribution >= 0.6 is 0 Å². The van der Waals surface area contributed by atoms with Gasteiger partial charge in [0.2, 0.25) is 0 Å². The molecule has 0 spiro atoms. The first-order chi connectivity index (χ1) is 6.93. The minimum absolute atomic E-state index is 0.742. The lowest BCUT2D eigenvalue weighted by Crippen LogP contribution is -1.77. The first-order valence-corrected chi connectivity index (χ1v) is 4.72. The van der Waals surface area contributed by atoms with Gasteiger partial charge in [-0.15, -0.1) is 6.58 Å². The van der Waals surface area contributed by atoms with Crippen molar-refractivity contribution in [1.29, 1.82) is 0 Å². The Bertz CT molecular complexity index is 319. The Labute approximate surface area is 85.1 Å². The molecule has 0 atom stereocenters. The summed E-state index contributed by atoms with van der Waals surface area (Å²) in [6, 6.07) is 12.6. The van der Waals surface area contributed by atoms with Crippen LogP contribution in [0, 0.1) is 6.07 Å². The summed E-state index contributed by atoms with van der Waals surface area (Å²) in [5.41, 5.74) is 4.93. The van der Waals surface area contributed by atoms with Crippen LogP contribution in [0.5, 0.6) is 0 Å². The third-order valence-corrected chi connectivity index (χ3v) is 1.69. The topological polar surface area (TPSA) is 18.5 Å². The van der Waals surface area contributed by atoms with Gasteiger partial charge < -0.3 is 5.43 Å². The second-order valence-electron chi connectivity index (χ2n) is 2.87. The number of unbranched alkanes of at least 4 members (excludes halogenated alkanes) is 1. The van der Waals surface area contributed by atoms with E-state index in [-0.39, 0.29) is 0 Å².